The lowest BCUT2D eigenvalue weighted by atomic mass is 9.90. The summed E-state index contributed by atoms with van der Waals surface area (Å²) in [6.07, 6.45) is 9.43. The first-order valence-corrected chi connectivity index (χ1v) is 19.1. The fourth-order valence-corrected chi connectivity index (χ4v) is 7.46. The van der Waals surface area contributed by atoms with Gasteiger partial charge in [0.25, 0.3) is 0 Å². The molecule has 0 spiro atoms. The number of hydrogen-bond donors (Lipinski definition) is 0. The molecule has 8 rings (SSSR count). The van der Waals surface area contributed by atoms with Crippen molar-refractivity contribution in [2.75, 3.05) is 13.2 Å². The van der Waals surface area contributed by atoms with Gasteiger partial charge in [-0.15, -0.1) is 0 Å². The van der Waals surface area contributed by atoms with Gasteiger partial charge in [-0.25, -0.2) is 0 Å². The fourth-order valence-electron chi connectivity index (χ4n) is 7.46. The predicted octanol–water partition coefficient (Wildman–Crippen LogP) is 14.4. The van der Waals surface area contributed by atoms with Crippen LogP contribution in [0.3, 0.4) is 0 Å². The van der Waals surface area contributed by atoms with Crippen molar-refractivity contribution in [3.8, 4) is 44.9 Å². The van der Waals surface area contributed by atoms with E-state index in [0.29, 0.717) is 6.61 Å². The second-order valence-corrected chi connectivity index (χ2v) is 13.8. The van der Waals surface area contributed by atoms with Crippen molar-refractivity contribution in [2.24, 2.45) is 0 Å². The van der Waals surface area contributed by atoms with E-state index in [9.17, 15) is 0 Å². The van der Waals surface area contributed by atoms with Crippen LogP contribution in [-0.2, 0) is 0 Å². The molecule has 0 aliphatic carbocycles. The number of hydrogen-bond acceptors (Lipinski definition) is 4. The van der Waals surface area contributed by atoms with E-state index in [2.05, 4.69) is 129 Å². The van der Waals surface area contributed by atoms with Crippen LogP contribution >= 0.6 is 0 Å². The zero-order valence-electron chi connectivity index (χ0n) is 30.3. The van der Waals surface area contributed by atoms with E-state index in [-0.39, 0.29) is 0 Å². The third-order valence-electron chi connectivity index (χ3n) is 10.1. The monoisotopic (exact) mass is 686 g/mol. The van der Waals surface area contributed by atoms with Crippen molar-refractivity contribution in [1.82, 2.24) is 0 Å². The predicted molar refractivity (Wildman–Crippen MR) is 217 cm³/mol. The molecular formula is C48H46O4. The molecular weight excluding hydrogens is 641 g/mol. The minimum atomic E-state index is 0.701. The van der Waals surface area contributed by atoms with Crippen LogP contribution in [0.5, 0.6) is 11.5 Å². The molecule has 4 nitrogen and oxygen atoms in total. The minimum absolute atomic E-state index is 0.701. The molecule has 262 valence electrons. The Hall–Kier alpha value is -5.48. The summed E-state index contributed by atoms with van der Waals surface area (Å²) in [6.45, 7) is 5.92. The Morgan fingerprint density at radius 2 is 0.904 bits per heavy atom. The SMILES string of the molecule is CCCCCCOc1ccc(-c2ccc3oc4c(-c5ccccc5)c5c(oc6ccc(OCCCCCC)cc65)c(-c5ccccc5)c4c3c2)cc1. The average molecular weight is 687 g/mol. The highest BCUT2D eigenvalue weighted by molar-refractivity contribution is 6.30. The van der Waals surface area contributed by atoms with Crippen LogP contribution in [0.2, 0.25) is 0 Å². The van der Waals surface area contributed by atoms with E-state index in [1.165, 1.54) is 38.5 Å². The van der Waals surface area contributed by atoms with Crippen LogP contribution in [0.15, 0.2) is 130 Å². The molecule has 0 saturated heterocycles. The van der Waals surface area contributed by atoms with Gasteiger partial charge in [-0.1, -0.05) is 131 Å². The van der Waals surface area contributed by atoms with Gasteiger partial charge in [-0.2, -0.15) is 0 Å². The van der Waals surface area contributed by atoms with Gasteiger partial charge in [0.1, 0.15) is 33.8 Å². The van der Waals surface area contributed by atoms with Gasteiger partial charge in [0.2, 0.25) is 0 Å². The highest BCUT2D eigenvalue weighted by atomic mass is 16.5. The fraction of sp³-hybridized carbons (Fsp3) is 0.250. The summed E-state index contributed by atoms with van der Waals surface area (Å²) >= 11 is 0. The Kier molecular flexibility index (Phi) is 9.97. The second kappa shape index (κ2) is 15.4. The van der Waals surface area contributed by atoms with Crippen LogP contribution in [-0.4, -0.2) is 13.2 Å². The molecule has 0 aliphatic heterocycles. The first kappa shape index (κ1) is 33.7. The van der Waals surface area contributed by atoms with Crippen LogP contribution in [0.4, 0.5) is 0 Å². The number of furan rings is 2. The van der Waals surface area contributed by atoms with Gasteiger partial charge in [0, 0.05) is 32.7 Å². The van der Waals surface area contributed by atoms with E-state index in [1.54, 1.807) is 0 Å². The molecule has 8 aromatic rings. The van der Waals surface area contributed by atoms with Crippen LogP contribution < -0.4 is 9.47 Å². The molecule has 6 aromatic carbocycles. The van der Waals surface area contributed by atoms with Crippen molar-refractivity contribution in [3.05, 3.63) is 121 Å². The average Bonchev–Trinajstić information content (AvgIpc) is 3.76. The zero-order valence-corrected chi connectivity index (χ0v) is 30.3. The summed E-state index contributed by atoms with van der Waals surface area (Å²) in [6, 6.07) is 42.3. The zero-order chi connectivity index (χ0) is 35.3. The van der Waals surface area contributed by atoms with E-state index in [1.807, 2.05) is 6.07 Å². The van der Waals surface area contributed by atoms with Crippen molar-refractivity contribution < 1.29 is 18.3 Å². The Bertz CT molecular complexity index is 2420. The number of benzene rings is 6. The van der Waals surface area contributed by atoms with Crippen molar-refractivity contribution in [1.29, 1.82) is 0 Å². The molecule has 0 radical (unpaired) electrons. The summed E-state index contributed by atoms with van der Waals surface area (Å²) in [4.78, 5) is 0. The summed E-state index contributed by atoms with van der Waals surface area (Å²) < 4.78 is 26.2. The third-order valence-corrected chi connectivity index (χ3v) is 10.1. The largest absolute Gasteiger partial charge is 0.494 e. The standard InChI is InChI=1S/C48H46O4/c1-3-5-7-15-29-49-37-24-21-33(22-25-37)36-23-27-41-39(31-36)45-43(34-17-11-9-12-18-34)48-46(44(47(45)51-41)35-19-13-10-14-20-35)40-32-38(26-28-42(40)52-48)50-30-16-8-6-4-2/h9-14,17-28,31-32H,3-8,15-16,29-30H2,1-2H3. The maximum Gasteiger partial charge on any atom is 0.144 e. The Labute approximate surface area is 306 Å². The molecule has 52 heavy (non-hydrogen) atoms. The van der Waals surface area contributed by atoms with Crippen molar-refractivity contribution in [2.45, 2.75) is 65.2 Å². The van der Waals surface area contributed by atoms with Crippen molar-refractivity contribution in [3.63, 3.8) is 0 Å². The molecule has 0 atom stereocenters. The Morgan fingerprint density at radius 1 is 0.423 bits per heavy atom. The molecule has 0 N–H and O–H groups in total. The Balaban J connectivity index is 1.31. The van der Waals surface area contributed by atoms with Gasteiger partial charge >= 0.3 is 0 Å². The van der Waals surface area contributed by atoms with Gasteiger partial charge in [-0.05, 0) is 77.6 Å². The first-order valence-electron chi connectivity index (χ1n) is 19.1. The molecule has 0 amide bonds. The van der Waals surface area contributed by atoms with E-state index in [4.69, 9.17) is 18.3 Å². The van der Waals surface area contributed by atoms with Crippen LogP contribution in [0.1, 0.15) is 65.2 Å². The molecule has 2 aromatic heterocycles. The lowest BCUT2D eigenvalue weighted by molar-refractivity contribution is 0.305. The van der Waals surface area contributed by atoms with E-state index >= 15 is 0 Å². The van der Waals surface area contributed by atoms with Gasteiger partial charge in [0.15, 0.2) is 0 Å². The third kappa shape index (κ3) is 6.66. The maximum absolute atomic E-state index is 6.95. The Morgan fingerprint density at radius 3 is 1.46 bits per heavy atom. The van der Waals surface area contributed by atoms with Gasteiger partial charge < -0.3 is 18.3 Å². The quantitative estimate of drug-likeness (QED) is 0.101. The van der Waals surface area contributed by atoms with Crippen molar-refractivity contribution >= 4 is 43.9 Å². The normalized spacial score (nSPS) is 11.7. The summed E-state index contributed by atoms with van der Waals surface area (Å²) in [7, 11) is 0. The van der Waals surface area contributed by atoms with Gasteiger partial charge in [0.05, 0.1) is 13.2 Å². The molecule has 0 unspecified atom stereocenters. The summed E-state index contributed by atoms with van der Waals surface area (Å²) in [5.41, 5.74) is 9.84. The lowest BCUT2D eigenvalue weighted by Gasteiger charge is -2.11. The van der Waals surface area contributed by atoms with E-state index < -0.39 is 0 Å². The second-order valence-electron chi connectivity index (χ2n) is 13.8. The topological polar surface area (TPSA) is 44.7 Å². The summed E-state index contributed by atoms with van der Waals surface area (Å²) in [5, 5.41) is 4.16. The smallest absolute Gasteiger partial charge is 0.144 e. The van der Waals surface area contributed by atoms with E-state index in [0.717, 1.165) is 108 Å². The molecule has 0 saturated carbocycles. The maximum atomic E-state index is 6.95. The molecule has 0 bridgehead atoms. The molecule has 0 aliphatic rings. The molecule has 4 heteroatoms. The number of rotatable bonds is 15. The van der Waals surface area contributed by atoms with Crippen LogP contribution in [0.25, 0.3) is 77.3 Å². The minimum Gasteiger partial charge on any atom is -0.494 e. The van der Waals surface area contributed by atoms with Gasteiger partial charge in [-0.3, -0.25) is 0 Å². The number of fused-ring (bicyclic) bond motifs is 6. The molecule has 2 heterocycles. The van der Waals surface area contributed by atoms with Crippen LogP contribution in [0, 0.1) is 0 Å². The highest BCUT2D eigenvalue weighted by Crippen LogP contribution is 2.51. The molecule has 0 fully saturated rings. The highest BCUT2D eigenvalue weighted by Gasteiger charge is 2.27. The number of ether oxygens (including phenoxy) is 2. The lowest BCUT2D eigenvalue weighted by Crippen LogP contribution is -1.96. The number of unbranched alkanes of at least 4 members (excludes halogenated alkanes) is 6. The first-order chi connectivity index (χ1) is 25.7. The summed E-state index contributed by atoms with van der Waals surface area (Å²) in [5.74, 6) is 1.76.